The Morgan fingerprint density at radius 2 is 2.38 bits per heavy atom. The van der Waals surface area contributed by atoms with Crippen LogP contribution in [0.5, 0.6) is 0 Å². The van der Waals surface area contributed by atoms with Crippen molar-refractivity contribution in [2.45, 2.75) is 20.4 Å². The van der Waals surface area contributed by atoms with Gasteiger partial charge in [0.2, 0.25) is 0 Å². The molecule has 0 amide bonds. The fourth-order valence-corrected chi connectivity index (χ4v) is 1.04. The van der Waals surface area contributed by atoms with Crippen molar-refractivity contribution < 1.29 is 5.11 Å². The summed E-state index contributed by atoms with van der Waals surface area (Å²) in [6.45, 7) is 5.08. The van der Waals surface area contributed by atoms with Crippen LogP contribution < -0.4 is 0 Å². The predicted molar refractivity (Wildman–Crippen MR) is 51.0 cm³/mol. The highest BCUT2D eigenvalue weighted by atomic mass is 16.2. The van der Waals surface area contributed by atoms with Gasteiger partial charge in [-0.1, -0.05) is 25.7 Å². The molecule has 0 bridgehead atoms. The maximum Gasteiger partial charge on any atom is 0.104 e. The van der Waals surface area contributed by atoms with Gasteiger partial charge in [-0.05, 0) is 5.92 Å². The van der Waals surface area contributed by atoms with Crippen LogP contribution in [0.1, 0.15) is 19.4 Å². The average molecular weight is 178 g/mol. The van der Waals surface area contributed by atoms with Gasteiger partial charge < -0.3 is 5.11 Å². The Kier molecular flexibility index (Phi) is 3.53. The van der Waals surface area contributed by atoms with E-state index in [2.05, 4.69) is 30.8 Å². The predicted octanol–water partition coefficient (Wildman–Crippen LogP) is 0.883. The van der Waals surface area contributed by atoms with E-state index in [9.17, 15) is 0 Å². The molecule has 13 heavy (non-hydrogen) atoms. The van der Waals surface area contributed by atoms with Crippen molar-refractivity contribution in [1.29, 1.82) is 0 Å². The number of aliphatic hydroxyl groups excluding tert-OH is 1. The monoisotopic (exact) mass is 178 g/mol. The molecular weight excluding hydrogens is 164 g/mol. The van der Waals surface area contributed by atoms with Gasteiger partial charge in [-0.2, -0.15) is 5.10 Å². The molecule has 0 saturated carbocycles. The number of rotatable bonds is 2. The molecule has 0 atom stereocenters. The Morgan fingerprint density at radius 3 is 3.00 bits per heavy atom. The zero-order chi connectivity index (χ0) is 9.68. The molecule has 0 aliphatic rings. The molecule has 0 spiro atoms. The van der Waals surface area contributed by atoms with Gasteiger partial charge in [-0.3, -0.25) is 4.68 Å². The third-order valence-electron chi connectivity index (χ3n) is 1.50. The summed E-state index contributed by atoms with van der Waals surface area (Å²) in [7, 11) is 0. The molecule has 0 saturated heterocycles. The van der Waals surface area contributed by atoms with Crippen molar-refractivity contribution in [2.75, 3.05) is 6.61 Å². The van der Waals surface area contributed by atoms with E-state index < -0.39 is 0 Å². The molecule has 1 rings (SSSR count). The lowest BCUT2D eigenvalue weighted by Gasteiger charge is -2.02. The summed E-state index contributed by atoms with van der Waals surface area (Å²) in [4.78, 5) is 0. The number of hydrogen-bond donors (Lipinski definition) is 1. The van der Waals surface area contributed by atoms with Crippen molar-refractivity contribution in [3.63, 3.8) is 0 Å². The first-order valence-corrected chi connectivity index (χ1v) is 4.34. The number of nitrogens with zero attached hydrogens (tertiary/aromatic N) is 2. The minimum atomic E-state index is -0.102. The number of hydrogen-bond acceptors (Lipinski definition) is 2. The molecular formula is C10H14N2O. The first-order valence-electron chi connectivity index (χ1n) is 4.34. The maximum atomic E-state index is 8.48. The summed E-state index contributed by atoms with van der Waals surface area (Å²) in [6.07, 6.45) is 3.60. The van der Waals surface area contributed by atoms with Crippen LogP contribution in [0.3, 0.4) is 0 Å². The largest absolute Gasteiger partial charge is 0.384 e. The molecule has 0 unspecified atom stereocenters. The van der Waals surface area contributed by atoms with Crippen molar-refractivity contribution in [1.82, 2.24) is 9.78 Å². The van der Waals surface area contributed by atoms with Crippen molar-refractivity contribution in [3.05, 3.63) is 18.0 Å². The summed E-state index contributed by atoms with van der Waals surface area (Å²) in [6, 6.07) is 0. The van der Waals surface area contributed by atoms with Crippen LogP contribution in [0.25, 0.3) is 0 Å². The average Bonchev–Trinajstić information content (AvgIpc) is 2.48. The zero-order valence-corrected chi connectivity index (χ0v) is 7.99. The highest BCUT2D eigenvalue weighted by Gasteiger charge is 1.97. The van der Waals surface area contributed by atoms with Crippen LogP contribution in [0.4, 0.5) is 0 Å². The van der Waals surface area contributed by atoms with Crippen LogP contribution in [0, 0.1) is 17.8 Å². The fraction of sp³-hybridized carbons (Fsp3) is 0.500. The van der Waals surface area contributed by atoms with Crippen molar-refractivity contribution in [2.24, 2.45) is 5.92 Å². The van der Waals surface area contributed by atoms with E-state index in [0.717, 1.165) is 12.1 Å². The first-order chi connectivity index (χ1) is 6.22. The summed E-state index contributed by atoms with van der Waals surface area (Å²) in [5, 5.41) is 12.6. The Bertz CT molecular complexity index is 317. The topological polar surface area (TPSA) is 38.0 Å². The quantitative estimate of drug-likeness (QED) is 0.683. The summed E-state index contributed by atoms with van der Waals surface area (Å²) in [5.74, 6) is 5.97. The van der Waals surface area contributed by atoms with E-state index in [-0.39, 0.29) is 6.61 Å². The van der Waals surface area contributed by atoms with Gasteiger partial charge in [0, 0.05) is 12.7 Å². The third-order valence-corrected chi connectivity index (χ3v) is 1.50. The Morgan fingerprint density at radius 1 is 1.62 bits per heavy atom. The summed E-state index contributed by atoms with van der Waals surface area (Å²) < 4.78 is 1.87. The molecule has 3 heteroatoms. The van der Waals surface area contributed by atoms with Crippen LogP contribution in [-0.4, -0.2) is 21.5 Å². The van der Waals surface area contributed by atoms with Gasteiger partial charge in [0.1, 0.15) is 6.61 Å². The van der Waals surface area contributed by atoms with Gasteiger partial charge in [0.15, 0.2) is 0 Å². The first kappa shape index (κ1) is 9.82. The Hall–Kier alpha value is -1.27. The van der Waals surface area contributed by atoms with E-state index in [0.29, 0.717) is 5.92 Å². The van der Waals surface area contributed by atoms with Crippen LogP contribution in [-0.2, 0) is 6.54 Å². The molecule has 0 fully saturated rings. The van der Waals surface area contributed by atoms with Gasteiger partial charge in [0.05, 0.1) is 11.8 Å². The zero-order valence-electron chi connectivity index (χ0n) is 7.99. The minimum absolute atomic E-state index is 0.102. The van der Waals surface area contributed by atoms with Crippen molar-refractivity contribution in [3.8, 4) is 11.8 Å². The molecule has 1 heterocycles. The molecule has 1 aromatic heterocycles. The van der Waals surface area contributed by atoms with E-state index >= 15 is 0 Å². The molecule has 0 radical (unpaired) electrons. The minimum Gasteiger partial charge on any atom is -0.384 e. The van der Waals surface area contributed by atoms with E-state index in [4.69, 9.17) is 5.11 Å². The molecule has 0 aliphatic carbocycles. The highest BCUT2D eigenvalue weighted by molar-refractivity contribution is 5.29. The molecule has 0 aromatic carbocycles. The van der Waals surface area contributed by atoms with Gasteiger partial charge in [-0.25, -0.2) is 0 Å². The van der Waals surface area contributed by atoms with Gasteiger partial charge in [-0.15, -0.1) is 0 Å². The number of aliphatic hydroxyl groups is 1. The van der Waals surface area contributed by atoms with Crippen LogP contribution in [0.2, 0.25) is 0 Å². The SMILES string of the molecule is CC(C)Cn1cc(C#CCO)cn1. The second-order valence-corrected chi connectivity index (χ2v) is 3.30. The molecule has 1 aromatic rings. The van der Waals surface area contributed by atoms with Crippen molar-refractivity contribution >= 4 is 0 Å². The molecule has 70 valence electrons. The van der Waals surface area contributed by atoms with E-state index in [1.807, 2.05) is 10.9 Å². The molecule has 1 N–H and O–H groups in total. The normalized spacial score (nSPS) is 9.85. The molecule has 3 nitrogen and oxygen atoms in total. The Balaban J connectivity index is 2.63. The summed E-state index contributed by atoms with van der Waals surface area (Å²) >= 11 is 0. The lowest BCUT2D eigenvalue weighted by molar-refractivity contribution is 0.350. The standard InChI is InChI=1S/C10H14N2O/c1-9(2)7-12-8-10(6-11-12)4-3-5-13/h6,8-9,13H,5,7H2,1-2H3. The lowest BCUT2D eigenvalue weighted by Crippen LogP contribution is -2.03. The van der Waals surface area contributed by atoms with Gasteiger partial charge in [0.25, 0.3) is 0 Å². The second kappa shape index (κ2) is 4.68. The number of aromatic nitrogens is 2. The maximum absolute atomic E-state index is 8.48. The van der Waals surface area contributed by atoms with Gasteiger partial charge >= 0.3 is 0 Å². The fourth-order valence-electron chi connectivity index (χ4n) is 1.04. The van der Waals surface area contributed by atoms with Crippen LogP contribution >= 0.6 is 0 Å². The Labute approximate surface area is 78.4 Å². The third kappa shape index (κ3) is 3.30. The highest BCUT2D eigenvalue weighted by Crippen LogP contribution is 2.00. The second-order valence-electron chi connectivity index (χ2n) is 3.30. The van der Waals surface area contributed by atoms with Crippen LogP contribution in [0.15, 0.2) is 12.4 Å². The molecule has 0 aliphatic heterocycles. The lowest BCUT2D eigenvalue weighted by atomic mass is 10.2. The smallest absolute Gasteiger partial charge is 0.104 e. The van der Waals surface area contributed by atoms with E-state index in [1.165, 1.54) is 0 Å². The van der Waals surface area contributed by atoms with E-state index in [1.54, 1.807) is 6.20 Å². The summed E-state index contributed by atoms with van der Waals surface area (Å²) in [5.41, 5.74) is 0.856.